The number of halogens is 3. The van der Waals surface area contributed by atoms with E-state index in [0.717, 1.165) is 6.07 Å². The molecule has 0 radical (unpaired) electrons. The molecule has 0 saturated carbocycles. The molecule has 2 aromatic rings. The molecule has 0 bridgehead atoms. The third kappa shape index (κ3) is 1.93. The van der Waals surface area contributed by atoms with E-state index in [0.29, 0.717) is 6.29 Å². The highest BCUT2D eigenvalue weighted by Crippen LogP contribution is 2.35. The molecule has 0 N–H and O–H groups in total. The first kappa shape index (κ1) is 12.5. The molecule has 3 nitrogen and oxygen atoms in total. The van der Waals surface area contributed by atoms with Gasteiger partial charge in [0.1, 0.15) is 17.6 Å². The fourth-order valence-corrected chi connectivity index (χ4v) is 2.05. The van der Waals surface area contributed by atoms with Crippen LogP contribution in [0.1, 0.15) is 16.1 Å². The Hall–Kier alpha value is -2.00. The van der Waals surface area contributed by atoms with Crippen LogP contribution < -0.4 is 0 Å². The Bertz CT molecular complexity index is 673. The lowest BCUT2D eigenvalue weighted by atomic mass is 10.1. The topological polar surface area (TPSA) is 54.0 Å². The van der Waals surface area contributed by atoms with Gasteiger partial charge in [-0.15, -0.1) is 0 Å². The smallest absolute Gasteiger partial charge is 0.185 e. The second-order valence-electron chi connectivity index (χ2n) is 3.34. The minimum absolute atomic E-state index is 0.000989. The van der Waals surface area contributed by atoms with Crippen molar-refractivity contribution < 1.29 is 18.0 Å². The van der Waals surface area contributed by atoms with Gasteiger partial charge in [0.15, 0.2) is 17.9 Å². The number of hydrogen-bond donors (Lipinski definition) is 0. The number of hydrogen-bond acceptors (Lipinski definition) is 3. The van der Waals surface area contributed by atoms with Gasteiger partial charge in [-0.2, -0.15) is 5.26 Å². The number of nitrogens with zero attached hydrogens (tertiary/aromatic N) is 1. The molecule has 0 saturated heterocycles. The van der Waals surface area contributed by atoms with Crippen LogP contribution in [0.4, 0.5) is 8.78 Å². The Labute approximate surface area is 109 Å². The third-order valence-electron chi connectivity index (χ3n) is 2.27. The summed E-state index contributed by atoms with van der Waals surface area (Å²) in [6, 6.07) is 5.00. The van der Waals surface area contributed by atoms with Gasteiger partial charge < -0.3 is 4.42 Å². The van der Waals surface area contributed by atoms with E-state index in [2.05, 4.69) is 15.9 Å². The van der Waals surface area contributed by atoms with E-state index in [9.17, 15) is 13.6 Å². The molecule has 1 aromatic heterocycles. The van der Waals surface area contributed by atoms with Crippen molar-refractivity contribution in [3.63, 3.8) is 0 Å². The Morgan fingerprint density at radius 3 is 2.67 bits per heavy atom. The van der Waals surface area contributed by atoms with Crippen LogP contribution in [0, 0.1) is 23.0 Å². The maximum Gasteiger partial charge on any atom is 0.185 e. The maximum atomic E-state index is 13.8. The summed E-state index contributed by atoms with van der Waals surface area (Å²) in [6.45, 7) is 0. The SMILES string of the molecule is N#Cc1cc(F)c(-c2ccc(C=O)o2)c(Br)c1F. The van der Waals surface area contributed by atoms with Gasteiger partial charge in [0.05, 0.1) is 15.6 Å². The lowest BCUT2D eigenvalue weighted by Crippen LogP contribution is -1.93. The molecule has 0 atom stereocenters. The number of carbonyl (C=O) groups excluding carboxylic acids is 1. The van der Waals surface area contributed by atoms with Crippen molar-refractivity contribution in [2.45, 2.75) is 0 Å². The fourth-order valence-electron chi connectivity index (χ4n) is 1.45. The van der Waals surface area contributed by atoms with E-state index < -0.39 is 17.2 Å². The van der Waals surface area contributed by atoms with E-state index in [1.807, 2.05) is 0 Å². The molecule has 0 fully saturated rings. The molecular weight excluding hydrogens is 308 g/mol. The molecule has 0 aliphatic carbocycles. The van der Waals surface area contributed by atoms with Crippen LogP contribution in [0.25, 0.3) is 11.3 Å². The standard InChI is InChI=1S/C12H4BrF2NO2/c13-11-10(9-2-1-7(5-17)18-9)8(14)3-6(4-16)12(11)15/h1-3,5H. The average Bonchev–Trinajstić information content (AvgIpc) is 2.82. The maximum absolute atomic E-state index is 13.8. The fraction of sp³-hybridized carbons (Fsp3) is 0. The second-order valence-corrected chi connectivity index (χ2v) is 4.13. The predicted molar refractivity (Wildman–Crippen MR) is 61.9 cm³/mol. The highest BCUT2D eigenvalue weighted by molar-refractivity contribution is 9.10. The molecule has 1 heterocycles. The van der Waals surface area contributed by atoms with Crippen LogP contribution >= 0.6 is 15.9 Å². The van der Waals surface area contributed by atoms with Gasteiger partial charge in [0.25, 0.3) is 0 Å². The van der Waals surface area contributed by atoms with Crippen molar-refractivity contribution in [2.24, 2.45) is 0 Å². The molecule has 0 spiro atoms. The summed E-state index contributed by atoms with van der Waals surface area (Å²) in [5, 5.41) is 8.62. The first-order chi connectivity index (χ1) is 8.58. The number of carbonyl (C=O) groups is 1. The lowest BCUT2D eigenvalue weighted by molar-refractivity contribution is 0.110. The molecule has 90 valence electrons. The van der Waals surface area contributed by atoms with Crippen molar-refractivity contribution in [3.05, 3.63) is 45.6 Å². The Morgan fingerprint density at radius 1 is 1.39 bits per heavy atom. The molecule has 18 heavy (non-hydrogen) atoms. The molecule has 0 aliphatic heterocycles. The number of benzene rings is 1. The van der Waals surface area contributed by atoms with Gasteiger partial charge >= 0.3 is 0 Å². The Balaban J connectivity index is 2.69. The van der Waals surface area contributed by atoms with Crippen LogP contribution in [0.2, 0.25) is 0 Å². The average molecular weight is 312 g/mol. The zero-order valence-corrected chi connectivity index (χ0v) is 10.3. The largest absolute Gasteiger partial charge is 0.453 e. The number of rotatable bonds is 2. The van der Waals surface area contributed by atoms with E-state index in [1.165, 1.54) is 12.1 Å². The van der Waals surface area contributed by atoms with Gasteiger partial charge in [-0.1, -0.05) is 0 Å². The zero-order valence-electron chi connectivity index (χ0n) is 8.71. The van der Waals surface area contributed by atoms with Gasteiger partial charge in [-0.05, 0) is 34.1 Å². The van der Waals surface area contributed by atoms with Crippen LogP contribution in [-0.2, 0) is 0 Å². The quantitative estimate of drug-likeness (QED) is 0.628. The van der Waals surface area contributed by atoms with Crippen molar-refractivity contribution in [3.8, 4) is 17.4 Å². The summed E-state index contributed by atoms with van der Waals surface area (Å²) in [7, 11) is 0. The van der Waals surface area contributed by atoms with E-state index in [1.54, 1.807) is 6.07 Å². The molecule has 0 aliphatic rings. The molecule has 2 rings (SSSR count). The van der Waals surface area contributed by atoms with Crippen molar-refractivity contribution in [2.75, 3.05) is 0 Å². The molecule has 6 heteroatoms. The third-order valence-corrected chi connectivity index (χ3v) is 3.01. The number of nitriles is 1. The van der Waals surface area contributed by atoms with Crippen LogP contribution in [0.3, 0.4) is 0 Å². The van der Waals surface area contributed by atoms with E-state index in [4.69, 9.17) is 9.68 Å². The molecule has 0 amide bonds. The lowest BCUT2D eigenvalue weighted by Gasteiger charge is -2.05. The summed E-state index contributed by atoms with van der Waals surface area (Å²) < 4.78 is 32.3. The van der Waals surface area contributed by atoms with Crippen molar-refractivity contribution in [1.29, 1.82) is 5.26 Å². The van der Waals surface area contributed by atoms with Crippen LogP contribution in [-0.4, -0.2) is 6.29 Å². The zero-order chi connectivity index (χ0) is 13.3. The summed E-state index contributed by atoms with van der Waals surface area (Å²) in [4.78, 5) is 10.5. The molecular formula is C12H4BrF2NO2. The van der Waals surface area contributed by atoms with Gasteiger partial charge in [0.2, 0.25) is 0 Å². The first-order valence-corrected chi connectivity index (χ1v) is 5.50. The second kappa shape index (κ2) is 4.70. The monoisotopic (exact) mass is 311 g/mol. The predicted octanol–water partition coefficient (Wildman–Crippen LogP) is 3.67. The van der Waals surface area contributed by atoms with Crippen molar-refractivity contribution in [1.82, 2.24) is 0 Å². The normalized spacial score (nSPS) is 10.1. The Kier molecular flexibility index (Phi) is 3.26. The summed E-state index contributed by atoms with van der Waals surface area (Å²) in [5.74, 6) is -1.68. The highest BCUT2D eigenvalue weighted by atomic mass is 79.9. The van der Waals surface area contributed by atoms with E-state index >= 15 is 0 Å². The van der Waals surface area contributed by atoms with E-state index in [-0.39, 0.29) is 21.6 Å². The number of furan rings is 1. The molecule has 0 unspecified atom stereocenters. The van der Waals surface area contributed by atoms with Gasteiger partial charge in [-0.3, -0.25) is 4.79 Å². The molecule has 1 aromatic carbocycles. The summed E-state index contributed by atoms with van der Waals surface area (Å²) in [6.07, 6.45) is 0.454. The highest BCUT2D eigenvalue weighted by Gasteiger charge is 2.20. The number of aldehydes is 1. The minimum atomic E-state index is -0.877. The van der Waals surface area contributed by atoms with Gasteiger partial charge in [0, 0.05) is 0 Å². The summed E-state index contributed by atoms with van der Waals surface area (Å²) in [5.41, 5.74) is -0.579. The first-order valence-electron chi connectivity index (χ1n) is 4.71. The van der Waals surface area contributed by atoms with Gasteiger partial charge in [-0.25, -0.2) is 8.78 Å². The van der Waals surface area contributed by atoms with Crippen molar-refractivity contribution >= 4 is 22.2 Å². The Morgan fingerprint density at radius 2 is 2.11 bits per heavy atom. The van der Waals surface area contributed by atoms with Crippen LogP contribution in [0.5, 0.6) is 0 Å². The minimum Gasteiger partial charge on any atom is -0.453 e. The summed E-state index contributed by atoms with van der Waals surface area (Å²) >= 11 is 2.88. The van der Waals surface area contributed by atoms with Crippen LogP contribution in [0.15, 0.2) is 27.1 Å².